The van der Waals surface area contributed by atoms with Crippen molar-refractivity contribution in [1.82, 2.24) is 0 Å². The molecule has 0 amide bonds. The van der Waals surface area contributed by atoms with Crippen LogP contribution in [0, 0.1) is 5.41 Å². The molecule has 0 saturated carbocycles. The number of allylic oxidation sites excluding steroid dienone is 2. The Balaban J connectivity index is 1.76. The quantitative estimate of drug-likeness (QED) is 0.574. The lowest BCUT2D eigenvalue weighted by molar-refractivity contribution is -0.136. The van der Waals surface area contributed by atoms with Crippen molar-refractivity contribution in [1.29, 1.82) is 0 Å². The molecule has 3 aliphatic rings. The van der Waals surface area contributed by atoms with Gasteiger partial charge in [0, 0.05) is 23.4 Å². The van der Waals surface area contributed by atoms with E-state index in [1.54, 1.807) is 35.2 Å². The van der Waals surface area contributed by atoms with Crippen LogP contribution in [0.3, 0.4) is 0 Å². The minimum absolute atomic E-state index is 0.0727. The fourth-order valence-electron chi connectivity index (χ4n) is 5.23. The summed E-state index contributed by atoms with van der Waals surface area (Å²) in [6.45, 7) is 4.05. The first kappa shape index (κ1) is 24.8. The van der Waals surface area contributed by atoms with E-state index in [4.69, 9.17) is 25.1 Å². The van der Waals surface area contributed by atoms with Gasteiger partial charge >= 0.3 is 5.97 Å². The smallest absolute Gasteiger partial charge is 0.338 e. The average molecular weight is 526 g/mol. The summed E-state index contributed by atoms with van der Waals surface area (Å²) in [4.78, 5) is 28.5. The van der Waals surface area contributed by atoms with Crippen molar-refractivity contribution < 1.29 is 32.2 Å². The van der Waals surface area contributed by atoms with E-state index in [9.17, 15) is 18.0 Å². The third-order valence-corrected chi connectivity index (χ3v) is 7.75. The number of hydrogen-bond acceptors (Lipinski definition) is 9. The van der Waals surface area contributed by atoms with E-state index in [1.807, 2.05) is 13.8 Å². The largest absolute Gasteiger partial charge is 0.466 e. The molecule has 0 bridgehead atoms. The normalized spacial score (nSPS) is 20.7. The van der Waals surface area contributed by atoms with Crippen molar-refractivity contribution in [3.8, 4) is 11.5 Å². The third-order valence-electron chi connectivity index (χ3n) is 6.82. The van der Waals surface area contributed by atoms with E-state index in [0.29, 0.717) is 40.4 Å². The second-order valence-corrected chi connectivity index (χ2v) is 11.6. The van der Waals surface area contributed by atoms with Crippen LogP contribution in [0.25, 0.3) is 0 Å². The van der Waals surface area contributed by atoms with Crippen LogP contribution in [0.1, 0.15) is 38.2 Å². The van der Waals surface area contributed by atoms with E-state index in [1.165, 1.54) is 19.2 Å². The summed E-state index contributed by atoms with van der Waals surface area (Å²) in [5.74, 6) is -0.433. The topological polar surface area (TPSA) is 151 Å². The molecule has 2 aliphatic heterocycles. The zero-order chi connectivity index (χ0) is 26.7. The molecule has 2 aromatic carbocycles. The maximum atomic E-state index is 13.7. The highest BCUT2D eigenvalue weighted by atomic mass is 32.2. The highest BCUT2D eigenvalue weighted by Crippen LogP contribution is 2.51. The predicted octanol–water partition coefficient (Wildman–Crippen LogP) is 2.65. The van der Waals surface area contributed by atoms with Crippen LogP contribution in [0.15, 0.2) is 70.0 Å². The Morgan fingerprint density at radius 1 is 1.08 bits per heavy atom. The van der Waals surface area contributed by atoms with Gasteiger partial charge in [0.15, 0.2) is 17.3 Å². The molecule has 1 atom stereocenters. The number of primary sulfonamides is 1. The van der Waals surface area contributed by atoms with Crippen molar-refractivity contribution in [2.24, 2.45) is 16.3 Å². The third kappa shape index (κ3) is 4.23. The summed E-state index contributed by atoms with van der Waals surface area (Å²) in [6, 6.07) is 11.1. The minimum atomic E-state index is -3.92. The van der Waals surface area contributed by atoms with E-state index in [-0.39, 0.29) is 40.7 Å². The Morgan fingerprint density at radius 3 is 2.41 bits per heavy atom. The molecule has 10 nitrogen and oxygen atoms in total. The highest BCUT2D eigenvalue weighted by Gasteiger charge is 2.46. The molecule has 0 fully saturated rings. The van der Waals surface area contributed by atoms with E-state index < -0.39 is 21.9 Å². The van der Waals surface area contributed by atoms with E-state index in [2.05, 4.69) is 0 Å². The molecule has 2 heterocycles. The first-order chi connectivity index (χ1) is 17.4. The number of nitrogens with zero attached hydrogens (tertiary/aromatic N) is 1. The van der Waals surface area contributed by atoms with Gasteiger partial charge in [-0.15, -0.1) is 0 Å². The number of esters is 1. The van der Waals surface area contributed by atoms with Gasteiger partial charge in [0.1, 0.15) is 5.82 Å². The number of carbonyl (C=O) groups excluding carboxylic acids is 2. The number of anilines is 1. The molecule has 4 N–H and O–H groups in total. The van der Waals surface area contributed by atoms with Gasteiger partial charge in [-0.3, -0.25) is 9.69 Å². The Kier molecular flexibility index (Phi) is 5.80. The van der Waals surface area contributed by atoms with Crippen LogP contribution in [0.5, 0.6) is 11.5 Å². The van der Waals surface area contributed by atoms with Crippen molar-refractivity contribution >= 4 is 27.5 Å². The lowest BCUT2D eigenvalue weighted by Crippen LogP contribution is -2.43. The lowest BCUT2D eigenvalue weighted by atomic mass is 9.68. The van der Waals surface area contributed by atoms with Gasteiger partial charge in [-0.05, 0) is 53.8 Å². The molecule has 1 aliphatic carbocycles. The minimum Gasteiger partial charge on any atom is -0.466 e. The van der Waals surface area contributed by atoms with Gasteiger partial charge in [0.25, 0.3) is 0 Å². The fourth-order valence-corrected chi connectivity index (χ4v) is 5.74. The number of methoxy groups -OCH3 is 1. The number of ketones is 1. The number of hydrogen-bond donors (Lipinski definition) is 2. The van der Waals surface area contributed by atoms with Gasteiger partial charge in [0.05, 0.1) is 23.5 Å². The summed E-state index contributed by atoms with van der Waals surface area (Å²) in [7, 11) is -2.67. The van der Waals surface area contributed by atoms with Gasteiger partial charge in [-0.25, -0.2) is 18.4 Å². The standard InChI is InChI=1S/C26H27N3O7S/c1-26(2)11-17-22(18(30)12-26)21(14-4-9-19-20(10-14)36-13-35-19)23(25(31)34-3)24(27)29(17)15-5-7-16(8-6-15)37(28,32)33/h4-10,21H,11-13,27H2,1-3H3,(H2,28,32,33)/t21-/m0/s1. The molecule has 5 rings (SSSR count). The predicted molar refractivity (Wildman–Crippen MR) is 134 cm³/mol. The van der Waals surface area contributed by atoms with Crippen LogP contribution in [0.4, 0.5) is 5.69 Å². The zero-order valence-corrected chi connectivity index (χ0v) is 21.4. The number of nitrogens with two attached hydrogens (primary N) is 2. The molecule has 37 heavy (non-hydrogen) atoms. The van der Waals surface area contributed by atoms with E-state index in [0.717, 1.165) is 0 Å². The highest BCUT2D eigenvalue weighted by molar-refractivity contribution is 7.89. The number of ether oxygens (including phenoxy) is 3. The van der Waals surface area contributed by atoms with Crippen LogP contribution in [0.2, 0.25) is 0 Å². The second kappa shape index (κ2) is 8.63. The molecule has 0 spiro atoms. The van der Waals surface area contributed by atoms with Crippen molar-refractivity contribution in [3.63, 3.8) is 0 Å². The van der Waals surface area contributed by atoms with Gasteiger partial charge in [-0.2, -0.15) is 0 Å². The molecule has 2 aromatic rings. The molecule has 0 saturated heterocycles. The van der Waals surface area contributed by atoms with E-state index >= 15 is 0 Å². The van der Waals surface area contributed by atoms with Crippen LogP contribution in [-0.4, -0.2) is 34.1 Å². The first-order valence-corrected chi connectivity index (χ1v) is 13.1. The Hall–Kier alpha value is -3.83. The summed E-state index contributed by atoms with van der Waals surface area (Å²) < 4.78 is 39.7. The Morgan fingerprint density at radius 2 is 1.76 bits per heavy atom. The van der Waals surface area contributed by atoms with Gasteiger partial charge < -0.3 is 19.9 Å². The maximum absolute atomic E-state index is 13.7. The molecule has 0 aromatic heterocycles. The van der Waals surface area contributed by atoms with Gasteiger partial charge in [-0.1, -0.05) is 19.9 Å². The summed E-state index contributed by atoms with van der Waals surface area (Å²) in [5.41, 5.74) is 8.61. The Labute approximate surface area is 214 Å². The number of benzene rings is 2. The zero-order valence-electron chi connectivity index (χ0n) is 20.6. The first-order valence-electron chi connectivity index (χ1n) is 11.6. The Bertz CT molecular complexity index is 1490. The number of Topliss-reactive ketones (excluding diaryl/α,β-unsaturated/α-hetero) is 1. The second-order valence-electron chi connectivity index (χ2n) is 10.0. The van der Waals surface area contributed by atoms with Crippen LogP contribution >= 0.6 is 0 Å². The molecular formula is C26H27N3O7S. The SMILES string of the molecule is COC(=O)C1=C(N)N(c2ccc(S(N)(=O)=O)cc2)C2=C(C(=O)CC(C)(C)C2)[C@@H]1c1ccc2c(c1)OCO2. The number of rotatable bonds is 4. The van der Waals surface area contributed by atoms with Crippen molar-refractivity contribution in [2.45, 2.75) is 37.5 Å². The summed E-state index contributed by atoms with van der Waals surface area (Å²) >= 11 is 0. The number of sulfonamides is 1. The van der Waals surface area contributed by atoms with Crippen molar-refractivity contribution in [3.05, 3.63) is 70.7 Å². The maximum Gasteiger partial charge on any atom is 0.338 e. The average Bonchev–Trinajstić information content (AvgIpc) is 3.29. The fraction of sp³-hybridized carbons (Fsp3) is 0.308. The van der Waals surface area contributed by atoms with Gasteiger partial charge in [0.2, 0.25) is 16.8 Å². The van der Waals surface area contributed by atoms with Crippen LogP contribution < -0.4 is 25.2 Å². The molecule has 0 unspecified atom stereocenters. The summed E-state index contributed by atoms with van der Waals surface area (Å²) in [6.07, 6.45) is 0.765. The molecule has 11 heteroatoms. The lowest BCUT2D eigenvalue weighted by Gasteiger charge is -2.44. The number of fused-ring (bicyclic) bond motifs is 1. The van der Waals surface area contributed by atoms with Crippen molar-refractivity contribution in [2.75, 3.05) is 18.8 Å². The monoisotopic (exact) mass is 525 g/mol. The molecule has 0 radical (unpaired) electrons. The number of carbonyl (C=O) groups is 2. The molecular weight excluding hydrogens is 498 g/mol. The molecule has 194 valence electrons. The van der Waals surface area contributed by atoms with Crippen LogP contribution in [-0.2, 0) is 24.3 Å². The summed E-state index contributed by atoms with van der Waals surface area (Å²) in [5, 5.41) is 5.26.